The molecule has 3 heterocycles. The van der Waals surface area contributed by atoms with Gasteiger partial charge in [0.25, 0.3) is 0 Å². The fraction of sp³-hybridized carbons (Fsp3) is 0.455. The Bertz CT molecular complexity index is 1040. The molecule has 0 saturated carbocycles. The molecule has 4 rings (SSSR count). The van der Waals surface area contributed by atoms with Crippen molar-refractivity contribution >= 4 is 44.8 Å². The van der Waals surface area contributed by atoms with Crippen molar-refractivity contribution in [3.63, 3.8) is 0 Å². The maximum absolute atomic E-state index is 6.44. The minimum atomic E-state index is -0.0604. The molecule has 0 aliphatic carbocycles. The first kappa shape index (κ1) is 20.9. The van der Waals surface area contributed by atoms with Gasteiger partial charge in [-0.05, 0) is 49.5 Å². The van der Waals surface area contributed by atoms with Gasteiger partial charge in [0.2, 0.25) is 5.88 Å². The second kappa shape index (κ2) is 8.03. The highest BCUT2D eigenvalue weighted by Gasteiger charge is 2.28. The average molecular weight is 450 g/mol. The summed E-state index contributed by atoms with van der Waals surface area (Å²) in [5.41, 5.74) is 2.04. The highest BCUT2D eigenvalue weighted by atomic mass is 35.5. The van der Waals surface area contributed by atoms with E-state index in [1.165, 1.54) is 4.88 Å². The zero-order valence-electron chi connectivity index (χ0n) is 17.1. The molecule has 4 nitrogen and oxygen atoms in total. The molecule has 29 heavy (non-hydrogen) atoms. The Labute approximate surface area is 185 Å². The van der Waals surface area contributed by atoms with Gasteiger partial charge in [-0.2, -0.15) is 0 Å². The van der Waals surface area contributed by atoms with Gasteiger partial charge < -0.3 is 9.64 Å². The summed E-state index contributed by atoms with van der Waals surface area (Å²) >= 11 is 14.2. The standard InChI is InChI=1S/C22H25Cl2N3OS/c1-22(2,3)19-17(13-7-8-15(23)16(24)10-13)18-20(25-12-26-21(18)29-19)28-14-6-5-9-27(4)11-14/h7-8,10,12,14H,5-6,9,11H2,1-4H3. The third-order valence-corrected chi connectivity index (χ3v) is 7.47. The summed E-state index contributed by atoms with van der Waals surface area (Å²) in [7, 11) is 2.13. The van der Waals surface area contributed by atoms with Crippen LogP contribution >= 0.6 is 34.5 Å². The number of likely N-dealkylation sites (tertiary alicyclic amines) is 1. The fourth-order valence-electron chi connectivity index (χ4n) is 3.82. The molecule has 154 valence electrons. The normalized spacial score (nSPS) is 18.3. The molecule has 1 atom stereocenters. The lowest BCUT2D eigenvalue weighted by Crippen LogP contribution is -2.38. The number of aromatic nitrogens is 2. The van der Waals surface area contributed by atoms with Gasteiger partial charge in [-0.1, -0.05) is 50.0 Å². The number of piperidine rings is 1. The van der Waals surface area contributed by atoms with Crippen LogP contribution < -0.4 is 4.74 Å². The highest BCUT2D eigenvalue weighted by molar-refractivity contribution is 7.19. The summed E-state index contributed by atoms with van der Waals surface area (Å²) in [5, 5.41) is 2.05. The van der Waals surface area contributed by atoms with Gasteiger partial charge in [0.1, 0.15) is 17.3 Å². The van der Waals surface area contributed by atoms with Crippen LogP contribution in [0.2, 0.25) is 10.0 Å². The van der Waals surface area contributed by atoms with Crippen LogP contribution in [0.25, 0.3) is 21.3 Å². The van der Waals surface area contributed by atoms with E-state index in [0.717, 1.165) is 47.3 Å². The van der Waals surface area contributed by atoms with Crippen LogP contribution in [0.15, 0.2) is 24.5 Å². The number of benzene rings is 1. The third-order valence-electron chi connectivity index (χ3n) is 5.20. The lowest BCUT2D eigenvalue weighted by atomic mass is 9.88. The smallest absolute Gasteiger partial charge is 0.226 e. The molecule has 3 aromatic rings. The van der Waals surface area contributed by atoms with Crippen molar-refractivity contribution in [2.75, 3.05) is 20.1 Å². The molecule has 0 N–H and O–H groups in total. The van der Waals surface area contributed by atoms with Crippen LogP contribution in [-0.2, 0) is 5.41 Å². The highest BCUT2D eigenvalue weighted by Crippen LogP contribution is 2.47. The first-order valence-electron chi connectivity index (χ1n) is 9.82. The van der Waals surface area contributed by atoms with Crippen LogP contribution in [0.3, 0.4) is 0 Å². The van der Waals surface area contributed by atoms with Crippen molar-refractivity contribution in [3.8, 4) is 17.0 Å². The van der Waals surface area contributed by atoms with E-state index >= 15 is 0 Å². The van der Waals surface area contributed by atoms with E-state index in [9.17, 15) is 0 Å². The summed E-state index contributed by atoms with van der Waals surface area (Å²) < 4.78 is 6.44. The number of nitrogens with zero attached hydrogens (tertiary/aromatic N) is 3. The Morgan fingerprint density at radius 3 is 2.66 bits per heavy atom. The monoisotopic (exact) mass is 449 g/mol. The van der Waals surface area contributed by atoms with Crippen LogP contribution in [0, 0.1) is 0 Å². The van der Waals surface area contributed by atoms with E-state index in [1.54, 1.807) is 17.7 Å². The molecular formula is C22H25Cl2N3OS. The van der Waals surface area contributed by atoms with Gasteiger partial charge >= 0.3 is 0 Å². The summed E-state index contributed by atoms with van der Waals surface area (Å²) in [6.45, 7) is 8.65. The van der Waals surface area contributed by atoms with E-state index in [4.69, 9.17) is 27.9 Å². The Kier molecular flexibility index (Phi) is 5.77. The predicted molar refractivity (Wildman–Crippen MR) is 123 cm³/mol. The molecule has 0 radical (unpaired) electrons. The van der Waals surface area contributed by atoms with Gasteiger partial charge in [-0.25, -0.2) is 9.97 Å². The number of ether oxygens (including phenoxy) is 1. The molecule has 1 fully saturated rings. The van der Waals surface area contributed by atoms with Gasteiger partial charge in [0.05, 0.1) is 15.4 Å². The summed E-state index contributed by atoms with van der Waals surface area (Å²) in [6, 6.07) is 5.78. The molecule has 7 heteroatoms. The number of hydrogen-bond donors (Lipinski definition) is 0. The van der Waals surface area contributed by atoms with E-state index < -0.39 is 0 Å². The summed E-state index contributed by atoms with van der Waals surface area (Å²) in [5.74, 6) is 0.656. The lowest BCUT2D eigenvalue weighted by Gasteiger charge is -2.29. The molecule has 1 unspecified atom stereocenters. The Morgan fingerprint density at radius 2 is 1.97 bits per heavy atom. The fourth-order valence-corrected chi connectivity index (χ4v) is 5.34. The van der Waals surface area contributed by atoms with Gasteiger partial charge in [-0.3, -0.25) is 0 Å². The molecule has 0 spiro atoms. The van der Waals surface area contributed by atoms with Crippen molar-refractivity contribution in [3.05, 3.63) is 39.4 Å². The third kappa shape index (κ3) is 4.24. The van der Waals surface area contributed by atoms with E-state index in [2.05, 4.69) is 42.7 Å². The maximum Gasteiger partial charge on any atom is 0.226 e. The molecule has 0 amide bonds. The van der Waals surface area contributed by atoms with Gasteiger partial charge in [0, 0.05) is 17.0 Å². The molecule has 1 aliphatic rings. The molecule has 0 bridgehead atoms. The Hall–Kier alpha value is -1.40. The zero-order chi connectivity index (χ0) is 20.8. The quantitative estimate of drug-likeness (QED) is 0.461. The minimum absolute atomic E-state index is 0.0604. The van der Waals surface area contributed by atoms with Crippen molar-refractivity contribution in [2.24, 2.45) is 0 Å². The molecule has 1 aromatic carbocycles. The number of hydrogen-bond acceptors (Lipinski definition) is 5. The number of fused-ring (bicyclic) bond motifs is 1. The second-order valence-electron chi connectivity index (χ2n) is 8.69. The average Bonchev–Trinajstić information content (AvgIpc) is 3.05. The molecule has 1 saturated heterocycles. The number of likely N-dealkylation sites (N-methyl/N-ethyl adjacent to an activating group) is 1. The molecule has 1 aliphatic heterocycles. The number of thiophene rings is 1. The SMILES string of the molecule is CN1CCCC(Oc2ncnc3sc(C(C)(C)C)c(-c4ccc(Cl)c(Cl)c4)c23)C1. The Morgan fingerprint density at radius 1 is 1.17 bits per heavy atom. The molecular weight excluding hydrogens is 425 g/mol. The topological polar surface area (TPSA) is 38.2 Å². The van der Waals surface area contributed by atoms with Gasteiger partial charge in [-0.15, -0.1) is 11.3 Å². The number of halogens is 2. The van der Waals surface area contributed by atoms with Crippen molar-refractivity contribution in [2.45, 2.75) is 45.1 Å². The minimum Gasteiger partial charge on any atom is -0.472 e. The van der Waals surface area contributed by atoms with E-state index in [1.807, 2.05) is 18.2 Å². The maximum atomic E-state index is 6.44. The van der Waals surface area contributed by atoms with E-state index in [-0.39, 0.29) is 11.5 Å². The van der Waals surface area contributed by atoms with Gasteiger partial charge in [0.15, 0.2) is 0 Å². The van der Waals surface area contributed by atoms with Crippen molar-refractivity contribution < 1.29 is 4.74 Å². The summed E-state index contributed by atoms with van der Waals surface area (Å²) in [6.07, 6.45) is 3.90. The summed E-state index contributed by atoms with van der Waals surface area (Å²) in [4.78, 5) is 13.6. The molecule has 2 aromatic heterocycles. The first-order valence-corrected chi connectivity index (χ1v) is 11.4. The predicted octanol–water partition coefficient (Wildman–Crippen LogP) is 6.44. The van der Waals surface area contributed by atoms with Crippen LogP contribution in [-0.4, -0.2) is 41.1 Å². The Balaban J connectivity index is 1.90. The largest absolute Gasteiger partial charge is 0.472 e. The zero-order valence-corrected chi connectivity index (χ0v) is 19.5. The van der Waals surface area contributed by atoms with Crippen molar-refractivity contribution in [1.29, 1.82) is 0 Å². The van der Waals surface area contributed by atoms with Crippen LogP contribution in [0.4, 0.5) is 0 Å². The number of rotatable bonds is 3. The first-order chi connectivity index (χ1) is 13.7. The lowest BCUT2D eigenvalue weighted by molar-refractivity contribution is 0.101. The van der Waals surface area contributed by atoms with Crippen molar-refractivity contribution in [1.82, 2.24) is 14.9 Å². The van der Waals surface area contributed by atoms with E-state index in [0.29, 0.717) is 15.9 Å². The second-order valence-corrected chi connectivity index (χ2v) is 10.5. The van der Waals surface area contributed by atoms with Crippen LogP contribution in [0.5, 0.6) is 5.88 Å². The van der Waals surface area contributed by atoms with Crippen LogP contribution in [0.1, 0.15) is 38.5 Å².